The molecule has 1 fully saturated rings. The lowest BCUT2D eigenvalue weighted by Gasteiger charge is -2.36. The first-order valence-electron chi connectivity index (χ1n) is 4.60. The Balaban J connectivity index is 2.47. The molecule has 1 saturated carbocycles. The highest BCUT2D eigenvalue weighted by Gasteiger charge is 2.33. The molecule has 0 spiro atoms. The van der Waals surface area contributed by atoms with Crippen LogP contribution in [0.25, 0.3) is 0 Å². The molecule has 12 heavy (non-hydrogen) atoms. The quantitative estimate of drug-likeness (QED) is 0.627. The van der Waals surface area contributed by atoms with Crippen LogP contribution in [0.1, 0.15) is 25.7 Å². The highest BCUT2D eigenvalue weighted by molar-refractivity contribution is 4.90. The molecule has 2 heteroatoms. The highest BCUT2D eigenvalue weighted by Crippen LogP contribution is 2.38. The van der Waals surface area contributed by atoms with Crippen molar-refractivity contribution in [3.05, 3.63) is 12.7 Å². The summed E-state index contributed by atoms with van der Waals surface area (Å²) in [6.07, 6.45) is 5.96. The summed E-state index contributed by atoms with van der Waals surface area (Å²) in [7, 11) is 0. The van der Waals surface area contributed by atoms with E-state index in [2.05, 4.69) is 6.58 Å². The summed E-state index contributed by atoms with van der Waals surface area (Å²) >= 11 is 0. The number of aliphatic hydroxyl groups is 2. The predicted octanol–water partition coefficient (Wildman–Crippen LogP) is 1.33. The fraction of sp³-hybridized carbons (Fsp3) is 0.800. The van der Waals surface area contributed by atoms with Crippen LogP contribution in [0.15, 0.2) is 12.7 Å². The molecule has 0 radical (unpaired) electrons. The Hall–Kier alpha value is -0.340. The summed E-state index contributed by atoms with van der Waals surface area (Å²) in [6, 6.07) is 0. The van der Waals surface area contributed by atoms with E-state index >= 15 is 0 Å². The molecule has 1 aliphatic carbocycles. The maximum atomic E-state index is 9.11. The molecule has 0 aliphatic heterocycles. The molecule has 1 aliphatic rings. The minimum absolute atomic E-state index is 0.118. The summed E-state index contributed by atoms with van der Waals surface area (Å²) in [6.45, 7) is 4.00. The van der Waals surface area contributed by atoms with Gasteiger partial charge in [0.15, 0.2) is 0 Å². The molecule has 0 aromatic heterocycles. The average molecular weight is 170 g/mol. The Labute approximate surface area is 73.9 Å². The highest BCUT2D eigenvalue weighted by atomic mass is 16.3. The molecule has 2 N–H and O–H groups in total. The van der Waals surface area contributed by atoms with Crippen molar-refractivity contribution in [1.29, 1.82) is 0 Å². The van der Waals surface area contributed by atoms with Gasteiger partial charge in [0.25, 0.3) is 0 Å². The van der Waals surface area contributed by atoms with Crippen LogP contribution in [0.3, 0.4) is 0 Å². The van der Waals surface area contributed by atoms with Gasteiger partial charge >= 0.3 is 0 Å². The molecule has 1 rings (SSSR count). The first kappa shape index (κ1) is 9.75. The number of hydrogen-bond donors (Lipinski definition) is 2. The molecule has 0 amide bonds. The predicted molar refractivity (Wildman–Crippen MR) is 48.8 cm³/mol. The molecular weight excluding hydrogens is 152 g/mol. The van der Waals surface area contributed by atoms with E-state index in [1.54, 1.807) is 0 Å². The second-order valence-electron chi connectivity index (χ2n) is 3.89. The van der Waals surface area contributed by atoms with Crippen LogP contribution in [0.5, 0.6) is 0 Å². The zero-order valence-corrected chi connectivity index (χ0v) is 7.50. The van der Waals surface area contributed by atoms with E-state index in [0.29, 0.717) is 5.92 Å². The van der Waals surface area contributed by atoms with E-state index in [9.17, 15) is 0 Å². The van der Waals surface area contributed by atoms with Crippen molar-refractivity contribution in [2.75, 3.05) is 13.2 Å². The van der Waals surface area contributed by atoms with Crippen molar-refractivity contribution in [3.8, 4) is 0 Å². The number of hydrogen-bond acceptors (Lipinski definition) is 2. The minimum atomic E-state index is -0.195. The van der Waals surface area contributed by atoms with Gasteiger partial charge in [-0.15, -0.1) is 6.58 Å². The van der Waals surface area contributed by atoms with E-state index in [1.165, 1.54) is 0 Å². The third-order valence-electron chi connectivity index (χ3n) is 3.10. The second-order valence-corrected chi connectivity index (χ2v) is 3.89. The molecule has 2 nitrogen and oxygen atoms in total. The van der Waals surface area contributed by atoms with Gasteiger partial charge in [0.1, 0.15) is 0 Å². The molecule has 0 heterocycles. The lowest BCUT2D eigenvalue weighted by Crippen LogP contribution is -2.34. The van der Waals surface area contributed by atoms with Crippen molar-refractivity contribution in [2.45, 2.75) is 25.7 Å². The van der Waals surface area contributed by atoms with Crippen LogP contribution in [-0.2, 0) is 0 Å². The third-order valence-corrected chi connectivity index (χ3v) is 3.10. The SMILES string of the molecule is C=CC1CCC(CO)(CO)CC1. The van der Waals surface area contributed by atoms with Crippen molar-refractivity contribution in [2.24, 2.45) is 11.3 Å². The number of allylic oxidation sites excluding steroid dienone is 1. The van der Waals surface area contributed by atoms with Crippen molar-refractivity contribution in [3.63, 3.8) is 0 Å². The molecule has 70 valence electrons. The largest absolute Gasteiger partial charge is 0.396 e. The van der Waals surface area contributed by atoms with Gasteiger partial charge in [0, 0.05) is 5.41 Å². The number of rotatable bonds is 3. The van der Waals surface area contributed by atoms with Crippen LogP contribution < -0.4 is 0 Å². The monoisotopic (exact) mass is 170 g/mol. The lowest BCUT2D eigenvalue weighted by atomic mass is 9.71. The van der Waals surface area contributed by atoms with E-state index in [0.717, 1.165) is 25.7 Å². The van der Waals surface area contributed by atoms with E-state index in [4.69, 9.17) is 10.2 Å². The summed E-state index contributed by atoms with van der Waals surface area (Å²) in [5.74, 6) is 0.594. The Morgan fingerprint density at radius 3 is 2.08 bits per heavy atom. The van der Waals surface area contributed by atoms with Gasteiger partial charge in [0.05, 0.1) is 13.2 Å². The first-order valence-corrected chi connectivity index (χ1v) is 4.60. The van der Waals surface area contributed by atoms with Crippen molar-refractivity contribution < 1.29 is 10.2 Å². The Morgan fingerprint density at radius 1 is 1.25 bits per heavy atom. The molecule has 0 saturated heterocycles. The molecule has 0 unspecified atom stereocenters. The van der Waals surface area contributed by atoms with Gasteiger partial charge in [-0.3, -0.25) is 0 Å². The lowest BCUT2D eigenvalue weighted by molar-refractivity contribution is 0.0160. The molecular formula is C10H18O2. The van der Waals surface area contributed by atoms with E-state index in [-0.39, 0.29) is 18.6 Å². The number of aliphatic hydroxyl groups excluding tert-OH is 2. The fourth-order valence-electron chi connectivity index (χ4n) is 1.85. The zero-order valence-electron chi connectivity index (χ0n) is 7.50. The maximum Gasteiger partial charge on any atom is 0.0509 e. The van der Waals surface area contributed by atoms with Crippen LogP contribution in [-0.4, -0.2) is 23.4 Å². The topological polar surface area (TPSA) is 40.5 Å². The normalized spacial score (nSPS) is 23.8. The third kappa shape index (κ3) is 1.87. The van der Waals surface area contributed by atoms with Crippen molar-refractivity contribution >= 4 is 0 Å². The molecule has 0 bridgehead atoms. The summed E-state index contributed by atoms with van der Waals surface area (Å²) in [5, 5.41) is 18.2. The average Bonchev–Trinajstić information content (AvgIpc) is 2.18. The van der Waals surface area contributed by atoms with Gasteiger partial charge in [-0.05, 0) is 31.6 Å². The van der Waals surface area contributed by atoms with Crippen LogP contribution in [0, 0.1) is 11.3 Å². The van der Waals surface area contributed by atoms with Gasteiger partial charge in [-0.2, -0.15) is 0 Å². The van der Waals surface area contributed by atoms with Gasteiger partial charge in [-0.25, -0.2) is 0 Å². The molecule has 0 aromatic carbocycles. The maximum absolute atomic E-state index is 9.11. The molecule has 0 aromatic rings. The zero-order chi connectivity index (χ0) is 9.03. The molecule has 0 atom stereocenters. The summed E-state index contributed by atoms with van der Waals surface area (Å²) < 4.78 is 0. The minimum Gasteiger partial charge on any atom is -0.396 e. The van der Waals surface area contributed by atoms with Crippen molar-refractivity contribution in [1.82, 2.24) is 0 Å². The first-order chi connectivity index (χ1) is 5.76. The summed E-state index contributed by atoms with van der Waals surface area (Å²) in [5.41, 5.74) is -0.195. The van der Waals surface area contributed by atoms with E-state index in [1.807, 2.05) is 6.08 Å². The van der Waals surface area contributed by atoms with E-state index < -0.39 is 0 Å². The van der Waals surface area contributed by atoms with Gasteiger partial charge in [0.2, 0.25) is 0 Å². The smallest absolute Gasteiger partial charge is 0.0509 e. The van der Waals surface area contributed by atoms with Crippen LogP contribution in [0.4, 0.5) is 0 Å². The fourth-order valence-corrected chi connectivity index (χ4v) is 1.85. The van der Waals surface area contributed by atoms with Crippen LogP contribution >= 0.6 is 0 Å². The van der Waals surface area contributed by atoms with Gasteiger partial charge < -0.3 is 10.2 Å². The van der Waals surface area contributed by atoms with Crippen LogP contribution in [0.2, 0.25) is 0 Å². The van der Waals surface area contributed by atoms with Gasteiger partial charge in [-0.1, -0.05) is 6.08 Å². The Kier molecular flexibility index (Phi) is 3.29. The summed E-state index contributed by atoms with van der Waals surface area (Å²) in [4.78, 5) is 0. The Bertz CT molecular complexity index is 140. The standard InChI is InChI=1S/C10H18O2/c1-2-9-3-5-10(7-11,8-12)6-4-9/h2,9,11-12H,1,3-8H2. The second kappa shape index (κ2) is 4.06. The Morgan fingerprint density at radius 2 is 1.75 bits per heavy atom.